The van der Waals surface area contributed by atoms with E-state index < -0.39 is 11.7 Å². The molecule has 3 rings (SSSR count). The number of carbonyl (C=O) groups is 1. The monoisotopic (exact) mass is 452 g/mol. The Balaban J connectivity index is 1.55. The maximum Gasteiger partial charge on any atom is 0.416 e. The lowest BCUT2D eigenvalue weighted by Gasteiger charge is -2.15. The summed E-state index contributed by atoms with van der Waals surface area (Å²) in [7, 11) is 1.49. The number of methoxy groups -OCH3 is 1. The first-order valence-electron chi connectivity index (χ1n) is 9.84. The molecule has 1 amide bonds. The number of benzene rings is 2. The summed E-state index contributed by atoms with van der Waals surface area (Å²) in [6.07, 6.45) is -2.21. The Labute approximate surface area is 182 Å². The van der Waals surface area contributed by atoms with Crippen molar-refractivity contribution >= 4 is 33.1 Å². The first-order chi connectivity index (χ1) is 14.9. The highest BCUT2D eigenvalue weighted by molar-refractivity contribution is 7.18. The third-order valence-electron chi connectivity index (χ3n) is 4.51. The van der Waals surface area contributed by atoms with Crippen LogP contribution in [-0.4, -0.2) is 31.2 Å². The first kappa shape index (κ1) is 23.0. The summed E-state index contributed by atoms with van der Waals surface area (Å²) in [5, 5.41) is 3.56. The molecule has 0 saturated carbocycles. The van der Waals surface area contributed by atoms with E-state index in [1.165, 1.54) is 13.2 Å². The minimum absolute atomic E-state index is 0.00195. The van der Waals surface area contributed by atoms with E-state index in [2.05, 4.69) is 10.3 Å². The molecule has 0 unspecified atom stereocenters. The second-order valence-corrected chi connectivity index (χ2v) is 8.00. The largest absolute Gasteiger partial charge is 0.489 e. The van der Waals surface area contributed by atoms with E-state index in [0.29, 0.717) is 6.42 Å². The summed E-state index contributed by atoms with van der Waals surface area (Å²) >= 11 is 1.63. The van der Waals surface area contributed by atoms with Crippen LogP contribution in [0.1, 0.15) is 29.8 Å². The number of anilines is 1. The molecule has 9 heteroatoms. The Morgan fingerprint density at radius 3 is 2.68 bits per heavy atom. The SMILES string of the molecule is COCCOc1ccc(C(F)(F)F)cc1NC(=O)CCCCc1nc2ccccc2s1. The fourth-order valence-corrected chi connectivity index (χ4v) is 3.98. The highest BCUT2D eigenvalue weighted by Crippen LogP contribution is 2.35. The minimum Gasteiger partial charge on any atom is -0.489 e. The molecule has 0 aliphatic heterocycles. The Bertz CT molecular complexity index is 988. The molecule has 3 aromatic rings. The summed E-state index contributed by atoms with van der Waals surface area (Å²) in [5.41, 5.74) is 0.116. The van der Waals surface area contributed by atoms with Crippen molar-refractivity contribution in [2.24, 2.45) is 0 Å². The summed E-state index contributed by atoms with van der Waals surface area (Å²) in [6, 6.07) is 10.9. The lowest BCUT2D eigenvalue weighted by atomic mass is 10.1. The first-order valence-corrected chi connectivity index (χ1v) is 10.7. The van der Waals surface area contributed by atoms with Crippen molar-refractivity contribution < 1.29 is 27.4 Å². The number of fused-ring (bicyclic) bond motifs is 1. The number of amides is 1. The number of unbranched alkanes of at least 4 members (excludes halogenated alkanes) is 1. The molecule has 0 atom stereocenters. The van der Waals surface area contributed by atoms with Crippen LogP contribution < -0.4 is 10.1 Å². The number of halogens is 3. The molecule has 0 radical (unpaired) electrons. The normalized spacial score (nSPS) is 11.6. The Morgan fingerprint density at radius 2 is 1.94 bits per heavy atom. The molecule has 0 fully saturated rings. The zero-order valence-electron chi connectivity index (χ0n) is 17.0. The van der Waals surface area contributed by atoms with E-state index in [1.807, 2.05) is 24.3 Å². The molecule has 31 heavy (non-hydrogen) atoms. The van der Waals surface area contributed by atoms with Crippen molar-refractivity contribution in [2.45, 2.75) is 31.9 Å². The molecule has 1 N–H and O–H groups in total. The Kier molecular flexibility index (Phi) is 7.86. The number of hydrogen-bond donors (Lipinski definition) is 1. The van der Waals surface area contributed by atoms with E-state index >= 15 is 0 Å². The van der Waals surface area contributed by atoms with Crippen LogP contribution in [0.4, 0.5) is 18.9 Å². The quantitative estimate of drug-likeness (QED) is 0.402. The molecular formula is C22H23F3N2O3S. The smallest absolute Gasteiger partial charge is 0.416 e. The molecule has 1 aromatic heterocycles. The van der Waals surface area contributed by atoms with Crippen molar-refractivity contribution in [2.75, 3.05) is 25.6 Å². The number of thiazole rings is 1. The second kappa shape index (κ2) is 10.6. The second-order valence-electron chi connectivity index (χ2n) is 6.88. The van der Waals surface area contributed by atoms with E-state index in [4.69, 9.17) is 9.47 Å². The summed E-state index contributed by atoms with van der Waals surface area (Å²) < 4.78 is 50.6. The van der Waals surface area contributed by atoms with E-state index in [0.717, 1.165) is 40.2 Å². The van der Waals surface area contributed by atoms with Gasteiger partial charge in [0.15, 0.2) is 0 Å². The average Bonchev–Trinajstić information content (AvgIpc) is 3.14. The van der Waals surface area contributed by atoms with Gasteiger partial charge in [-0.05, 0) is 49.6 Å². The van der Waals surface area contributed by atoms with Gasteiger partial charge in [-0.15, -0.1) is 11.3 Å². The van der Waals surface area contributed by atoms with Gasteiger partial charge in [0.2, 0.25) is 5.91 Å². The number of aromatic nitrogens is 1. The predicted molar refractivity (Wildman–Crippen MR) is 115 cm³/mol. The van der Waals surface area contributed by atoms with E-state index in [1.54, 1.807) is 11.3 Å². The lowest BCUT2D eigenvalue weighted by Crippen LogP contribution is -2.15. The maximum absolute atomic E-state index is 13.1. The van der Waals surface area contributed by atoms with Gasteiger partial charge in [0, 0.05) is 13.5 Å². The zero-order chi connectivity index (χ0) is 22.3. The summed E-state index contributed by atoms with van der Waals surface area (Å²) in [6.45, 7) is 0.438. The summed E-state index contributed by atoms with van der Waals surface area (Å²) in [5.74, 6) is -0.187. The number of carbonyl (C=O) groups excluding carboxylic acids is 1. The van der Waals surface area contributed by atoms with Gasteiger partial charge in [0.25, 0.3) is 0 Å². The topological polar surface area (TPSA) is 60.5 Å². The standard InChI is InChI=1S/C22H23F3N2O3S/c1-29-12-13-30-18-11-10-15(22(23,24)25)14-17(18)26-20(28)8-4-5-9-21-27-16-6-2-3-7-19(16)31-21/h2-3,6-7,10-11,14H,4-5,8-9,12-13H2,1H3,(H,26,28). The molecule has 0 spiro atoms. The molecule has 0 aliphatic carbocycles. The third-order valence-corrected chi connectivity index (χ3v) is 5.60. The Morgan fingerprint density at radius 1 is 1.13 bits per heavy atom. The van der Waals surface area contributed by atoms with Crippen molar-refractivity contribution in [3.63, 3.8) is 0 Å². The minimum atomic E-state index is -4.51. The fourth-order valence-electron chi connectivity index (χ4n) is 2.97. The van der Waals surface area contributed by atoms with Gasteiger partial charge in [-0.2, -0.15) is 13.2 Å². The molecule has 2 aromatic carbocycles. The number of aryl methyl sites for hydroxylation is 1. The van der Waals surface area contributed by atoms with Gasteiger partial charge >= 0.3 is 6.18 Å². The number of nitrogens with zero attached hydrogens (tertiary/aromatic N) is 1. The predicted octanol–water partition coefficient (Wildman–Crippen LogP) is 5.69. The van der Waals surface area contributed by atoms with Gasteiger partial charge in [-0.25, -0.2) is 4.98 Å². The van der Waals surface area contributed by atoms with Crippen LogP contribution in [0.25, 0.3) is 10.2 Å². The lowest BCUT2D eigenvalue weighted by molar-refractivity contribution is -0.137. The van der Waals surface area contributed by atoms with E-state index in [9.17, 15) is 18.0 Å². The third kappa shape index (κ3) is 6.67. The van der Waals surface area contributed by atoms with Crippen molar-refractivity contribution in [3.05, 3.63) is 53.0 Å². The average molecular weight is 452 g/mol. The highest BCUT2D eigenvalue weighted by atomic mass is 32.1. The molecule has 166 valence electrons. The molecule has 0 aliphatic rings. The van der Waals surface area contributed by atoms with E-state index in [-0.39, 0.29) is 37.0 Å². The fraction of sp³-hybridized carbons (Fsp3) is 0.364. The van der Waals surface area contributed by atoms with Crippen LogP contribution in [-0.2, 0) is 22.1 Å². The molecule has 5 nitrogen and oxygen atoms in total. The van der Waals surface area contributed by atoms with Gasteiger partial charge < -0.3 is 14.8 Å². The molecule has 1 heterocycles. The maximum atomic E-state index is 13.1. The zero-order valence-corrected chi connectivity index (χ0v) is 17.8. The van der Waals surface area contributed by atoms with Crippen LogP contribution >= 0.6 is 11.3 Å². The number of nitrogens with one attached hydrogen (secondary N) is 1. The number of ether oxygens (including phenoxy) is 2. The van der Waals surface area contributed by atoms with Gasteiger partial charge in [0.1, 0.15) is 12.4 Å². The van der Waals surface area contributed by atoms with Crippen LogP contribution in [0.2, 0.25) is 0 Å². The number of alkyl halides is 3. The molecule has 0 saturated heterocycles. The van der Waals surface area contributed by atoms with Crippen LogP contribution in [0.5, 0.6) is 5.75 Å². The molecule has 0 bridgehead atoms. The van der Waals surface area contributed by atoms with Gasteiger partial charge in [0.05, 0.1) is 33.1 Å². The van der Waals surface area contributed by atoms with Crippen molar-refractivity contribution in [1.29, 1.82) is 0 Å². The molecular weight excluding hydrogens is 429 g/mol. The van der Waals surface area contributed by atoms with Crippen LogP contribution in [0.3, 0.4) is 0 Å². The number of rotatable bonds is 10. The van der Waals surface area contributed by atoms with Gasteiger partial charge in [-0.1, -0.05) is 12.1 Å². The van der Waals surface area contributed by atoms with Crippen molar-refractivity contribution in [1.82, 2.24) is 4.98 Å². The summed E-state index contributed by atoms with van der Waals surface area (Å²) in [4.78, 5) is 16.9. The number of para-hydroxylation sites is 1. The van der Waals surface area contributed by atoms with Crippen LogP contribution in [0, 0.1) is 0 Å². The van der Waals surface area contributed by atoms with Crippen LogP contribution in [0.15, 0.2) is 42.5 Å². The van der Waals surface area contributed by atoms with Crippen molar-refractivity contribution in [3.8, 4) is 5.75 Å². The Hall–Kier alpha value is -2.65. The van der Waals surface area contributed by atoms with Gasteiger partial charge in [-0.3, -0.25) is 4.79 Å². The number of hydrogen-bond acceptors (Lipinski definition) is 5. The highest BCUT2D eigenvalue weighted by Gasteiger charge is 2.31.